The van der Waals surface area contributed by atoms with E-state index in [2.05, 4.69) is 24.2 Å². The van der Waals surface area contributed by atoms with Gasteiger partial charge in [-0.25, -0.2) is 0 Å². The van der Waals surface area contributed by atoms with Gasteiger partial charge >= 0.3 is 0 Å². The quantitative estimate of drug-likeness (QED) is 0.656. The minimum Gasteiger partial charge on any atom is -0.380 e. The smallest absolute Gasteiger partial charge is 0.0593 e. The van der Waals surface area contributed by atoms with Gasteiger partial charge in [0.1, 0.15) is 0 Å². The second kappa shape index (κ2) is 6.17. The van der Waals surface area contributed by atoms with Gasteiger partial charge in [-0.2, -0.15) is 0 Å². The van der Waals surface area contributed by atoms with E-state index in [1.54, 1.807) is 0 Å². The SMILES string of the molecule is CCC1(CN(C)CCOCC2CC2)CCCN1. The summed E-state index contributed by atoms with van der Waals surface area (Å²) in [7, 11) is 2.22. The summed E-state index contributed by atoms with van der Waals surface area (Å²) in [5.74, 6) is 0.888. The molecule has 1 aliphatic heterocycles. The molecule has 100 valence electrons. The van der Waals surface area contributed by atoms with Crippen molar-refractivity contribution in [2.45, 2.75) is 44.6 Å². The van der Waals surface area contributed by atoms with E-state index in [4.69, 9.17) is 4.74 Å². The first-order valence-corrected chi connectivity index (χ1v) is 7.25. The van der Waals surface area contributed by atoms with Gasteiger partial charge in [0.25, 0.3) is 0 Å². The number of ether oxygens (including phenoxy) is 1. The van der Waals surface area contributed by atoms with Crippen molar-refractivity contribution in [1.29, 1.82) is 0 Å². The Kier molecular flexibility index (Phi) is 4.83. The molecule has 1 saturated heterocycles. The van der Waals surface area contributed by atoms with Crippen molar-refractivity contribution in [3.63, 3.8) is 0 Å². The van der Waals surface area contributed by atoms with Gasteiger partial charge in [-0.15, -0.1) is 0 Å². The van der Waals surface area contributed by atoms with E-state index in [0.29, 0.717) is 5.54 Å². The molecule has 0 bridgehead atoms. The van der Waals surface area contributed by atoms with Crippen LogP contribution in [-0.4, -0.2) is 50.3 Å². The molecule has 0 aromatic carbocycles. The molecular formula is C14H28N2O. The van der Waals surface area contributed by atoms with Crippen LogP contribution >= 0.6 is 0 Å². The van der Waals surface area contributed by atoms with Crippen LogP contribution in [0.15, 0.2) is 0 Å². The van der Waals surface area contributed by atoms with Crippen LogP contribution < -0.4 is 5.32 Å². The molecule has 1 heterocycles. The van der Waals surface area contributed by atoms with E-state index in [1.807, 2.05) is 0 Å². The molecule has 1 unspecified atom stereocenters. The molecule has 1 N–H and O–H groups in total. The molecule has 0 amide bonds. The van der Waals surface area contributed by atoms with E-state index < -0.39 is 0 Å². The number of nitrogens with one attached hydrogen (secondary N) is 1. The summed E-state index contributed by atoms with van der Waals surface area (Å²) in [6.45, 7) is 7.61. The second-order valence-electron chi connectivity index (χ2n) is 5.92. The molecule has 0 aromatic heterocycles. The third kappa shape index (κ3) is 4.23. The standard InChI is InChI=1S/C14H28N2O/c1-3-14(7-4-8-15-14)12-16(2)9-10-17-11-13-5-6-13/h13,15H,3-12H2,1-2H3. The Hall–Kier alpha value is -0.120. The molecule has 0 radical (unpaired) electrons. The average molecular weight is 240 g/mol. The highest BCUT2D eigenvalue weighted by molar-refractivity contribution is 4.93. The van der Waals surface area contributed by atoms with E-state index in [1.165, 1.54) is 38.6 Å². The van der Waals surface area contributed by atoms with Crippen molar-refractivity contribution in [2.75, 3.05) is 39.9 Å². The minimum absolute atomic E-state index is 0.380. The van der Waals surface area contributed by atoms with Gasteiger partial charge in [-0.05, 0) is 51.6 Å². The number of nitrogens with zero attached hydrogens (tertiary/aromatic N) is 1. The van der Waals surface area contributed by atoms with Crippen LogP contribution in [0.2, 0.25) is 0 Å². The topological polar surface area (TPSA) is 24.5 Å². The highest BCUT2D eigenvalue weighted by Gasteiger charge is 2.32. The summed E-state index contributed by atoms with van der Waals surface area (Å²) in [6, 6.07) is 0. The van der Waals surface area contributed by atoms with Crippen LogP contribution in [0.1, 0.15) is 39.0 Å². The molecule has 2 fully saturated rings. The van der Waals surface area contributed by atoms with Crippen molar-refractivity contribution >= 4 is 0 Å². The zero-order valence-corrected chi connectivity index (χ0v) is 11.5. The second-order valence-corrected chi connectivity index (χ2v) is 5.92. The van der Waals surface area contributed by atoms with Crippen molar-refractivity contribution in [1.82, 2.24) is 10.2 Å². The van der Waals surface area contributed by atoms with Gasteiger partial charge in [-0.1, -0.05) is 6.92 Å². The van der Waals surface area contributed by atoms with Crippen LogP contribution in [0.25, 0.3) is 0 Å². The summed E-state index contributed by atoms with van der Waals surface area (Å²) in [4.78, 5) is 2.43. The monoisotopic (exact) mass is 240 g/mol. The Morgan fingerprint density at radius 3 is 2.82 bits per heavy atom. The van der Waals surface area contributed by atoms with Gasteiger partial charge in [-0.3, -0.25) is 0 Å². The number of rotatable bonds is 8. The van der Waals surface area contributed by atoms with Crippen molar-refractivity contribution < 1.29 is 4.74 Å². The Bertz CT molecular complexity index is 222. The zero-order chi connectivity index (χ0) is 12.1. The summed E-state index contributed by atoms with van der Waals surface area (Å²) < 4.78 is 5.70. The molecule has 3 nitrogen and oxygen atoms in total. The Balaban J connectivity index is 1.59. The Morgan fingerprint density at radius 1 is 1.41 bits per heavy atom. The van der Waals surface area contributed by atoms with E-state index in [0.717, 1.165) is 32.2 Å². The molecule has 1 atom stereocenters. The van der Waals surface area contributed by atoms with Gasteiger partial charge in [0, 0.05) is 25.2 Å². The summed E-state index contributed by atoms with van der Waals surface area (Å²) in [5, 5.41) is 3.69. The molecule has 2 aliphatic rings. The summed E-state index contributed by atoms with van der Waals surface area (Å²) >= 11 is 0. The lowest BCUT2D eigenvalue weighted by Crippen LogP contribution is -2.49. The fourth-order valence-corrected chi connectivity index (χ4v) is 2.77. The van der Waals surface area contributed by atoms with Gasteiger partial charge in [0.05, 0.1) is 6.61 Å². The number of hydrogen-bond donors (Lipinski definition) is 1. The fraction of sp³-hybridized carbons (Fsp3) is 1.00. The zero-order valence-electron chi connectivity index (χ0n) is 11.5. The third-order valence-electron chi connectivity index (χ3n) is 4.25. The summed E-state index contributed by atoms with van der Waals surface area (Å²) in [6.07, 6.45) is 6.67. The highest BCUT2D eigenvalue weighted by Crippen LogP contribution is 2.28. The first-order valence-electron chi connectivity index (χ1n) is 7.25. The summed E-state index contributed by atoms with van der Waals surface area (Å²) in [5.41, 5.74) is 0.380. The highest BCUT2D eigenvalue weighted by atomic mass is 16.5. The van der Waals surface area contributed by atoms with Crippen LogP contribution in [0.4, 0.5) is 0 Å². The van der Waals surface area contributed by atoms with Crippen molar-refractivity contribution in [3.8, 4) is 0 Å². The maximum Gasteiger partial charge on any atom is 0.0593 e. The molecule has 1 saturated carbocycles. The number of likely N-dealkylation sites (N-methyl/N-ethyl adjacent to an activating group) is 1. The van der Waals surface area contributed by atoms with Crippen molar-refractivity contribution in [2.24, 2.45) is 5.92 Å². The normalized spacial score (nSPS) is 29.1. The Morgan fingerprint density at radius 2 is 2.24 bits per heavy atom. The largest absolute Gasteiger partial charge is 0.380 e. The molecule has 3 heteroatoms. The lowest BCUT2D eigenvalue weighted by molar-refractivity contribution is 0.0944. The minimum atomic E-state index is 0.380. The predicted octanol–water partition coefficient (Wildman–Crippen LogP) is 1.88. The molecule has 0 aromatic rings. The van der Waals surface area contributed by atoms with Crippen LogP contribution in [-0.2, 0) is 4.74 Å². The first kappa shape index (κ1) is 13.3. The van der Waals surface area contributed by atoms with Crippen LogP contribution in [0, 0.1) is 5.92 Å². The maximum absolute atomic E-state index is 5.70. The van der Waals surface area contributed by atoms with Gasteiger partial charge in [0.15, 0.2) is 0 Å². The first-order chi connectivity index (χ1) is 8.24. The predicted molar refractivity (Wildman–Crippen MR) is 71.3 cm³/mol. The Labute approximate surface area is 106 Å². The lowest BCUT2D eigenvalue weighted by Gasteiger charge is -2.33. The third-order valence-corrected chi connectivity index (χ3v) is 4.25. The molecular weight excluding hydrogens is 212 g/mol. The molecule has 17 heavy (non-hydrogen) atoms. The molecule has 1 aliphatic carbocycles. The lowest BCUT2D eigenvalue weighted by atomic mass is 9.94. The van der Waals surface area contributed by atoms with Crippen LogP contribution in [0.5, 0.6) is 0 Å². The van der Waals surface area contributed by atoms with Gasteiger partial charge < -0.3 is 15.0 Å². The van der Waals surface area contributed by atoms with E-state index in [-0.39, 0.29) is 0 Å². The molecule has 0 spiro atoms. The van der Waals surface area contributed by atoms with Crippen molar-refractivity contribution in [3.05, 3.63) is 0 Å². The molecule has 2 rings (SSSR count). The number of hydrogen-bond acceptors (Lipinski definition) is 3. The fourth-order valence-electron chi connectivity index (χ4n) is 2.77. The maximum atomic E-state index is 5.70. The van der Waals surface area contributed by atoms with Gasteiger partial charge in [0.2, 0.25) is 0 Å². The van der Waals surface area contributed by atoms with E-state index >= 15 is 0 Å². The van der Waals surface area contributed by atoms with E-state index in [9.17, 15) is 0 Å². The van der Waals surface area contributed by atoms with Crippen LogP contribution in [0.3, 0.4) is 0 Å². The average Bonchev–Trinajstić information content (AvgIpc) is 3.04.